The smallest absolute Gasteiger partial charge is 0.254 e. The number of carbonyl (C=O) groups is 1. The highest BCUT2D eigenvalue weighted by atomic mass is 16.5. The van der Waals surface area contributed by atoms with Gasteiger partial charge >= 0.3 is 0 Å². The Labute approximate surface area is 102 Å². The van der Waals surface area contributed by atoms with Crippen LogP contribution in [0, 0.1) is 0 Å². The molecule has 1 amide bonds. The summed E-state index contributed by atoms with van der Waals surface area (Å²) in [6, 6.07) is 5.51. The number of nitrogens with zero attached hydrogens (tertiary/aromatic N) is 1. The first-order valence-electron chi connectivity index (χ1n) is 5.85. The molecule has 1 saturated heterocycles. The van der Waals surface area contributed by atoms with Gasteiger partial charge in [-0.1, -0.05) is 12.7 Å². The molecule has 1 aliphatic rings. The van der Waals surface area contributed by atoms with Crippen LogP contribution < -0.4 is 4.74 Å². The Morgan fingerprint density at radius 3 is 2.65 bits per heavy atom. The van der Waals surface area contributed by atoms with Crippen molar-refractivity contribution in [2.24, 2.45) is 0 Å². The maximum absolute atomic E-state index is 12.2. The van der Waals surface area contributed by atoms with Crippen LogP contribution in [0.2, 0.25) is 0 Å². The van der Waals surface area contributed by atoms with Crippen LogP contribution in [0.4, 0.5) is 0 Å². The molecule has 1 aromatic carbocycles. The van der Waals surface area contributed by atoms with Crippen molar-refractivity contribution in [3.8, 4) is 5.75 Å². The Balaban J connectivity index is 2.29. The molecule has 0 atom stereocenters. The monoisotopic (exact) mass is 231 g/mol. The molecule has 2 rings (SSSR count). The molecular weight excluding hydrogens is 214 g/mol. The molecule has 0 bridgehead atoms. The molecule has 90 valence electrons. The molecule has 0 saturated carbocycles. The SMILES string of the molecule is C=Cc1cc(OC)cc(C(=O)N2CCCC2)c1. The van der Waals surface area contributed by atoms with E-state index in [0.29, 0.717) is 11.3 Å². The average molecular weight is 231 g/mol. The average Bonchev–Trinajstić information content (AvgIpc) is 2.91. The molecule has 0 spiro atoms. The molecule has 0 radical (unpaired) electrons. The number of hydrogen-bond donors (Lipinski definition) is 0. The number of benzene rings is 1. The third kappa shape index (κ3) is 2.49. The van der Waals surface area contributed by atoms with Gasteiger partial charge in [-0.2, -0.15) is 0 Å². The molecule has 1 aromatic rings. The van der Waals surface area contributed by atoms with E-state index in [9.17, 15) is 4.79 Å². The van der Waals surface area contributed by atoms with Crippen molar-refractivity contribution in [2.45, 2.75) is 12.8 Å². The lowest BCUT2D eigenvalue weighted by Gasteiger charge is -2.16. The fourth-order valence-corrected chi connectivity index (χ4v) is 2.08. The second-order valence-electron chi connectivity index (χ2n) is 4.20. The standard InChI is InChI=1S/C14H17NO2/c1-3-11-8-12(10-13(9-11)17-2)14(16)15-6-4-5-7-15/h3,8-10H,1,4-7H2,2H3. The summed E-state index contributed by atoms with van der Waals surface area (Å²) in [7, 11) is 1.60. The molecule has 1 aliphatic heterocycles. The van der Waals surface area contributed by atoms with Gasteiger partial charge < -0.3 is 9.64 Å². The van der Waals surface area contributed by atoms with Crippen molar-refractivity contribution < 1.29 is 9.53 Å². The molecular formula is C14H17NO2. The zero-order valence-electron chi connectivity index (χ0n) is 10.1. The van der Waals surface area contributed by atoms with Crippen LogP contribution in [0.3, 0.4) is 0 Å². The van der Waals surface area contributed by atoms with Gasteiger partial charge in [0.1, 0.15) is 5.75 Å². The lowest BCUT2D eigenvalue weighted by Crippen LogP contribution is -2.27. The van der Waals surface area contributed by atoms with Crippen LogP contribution in [-0.2, 0) is 0 Å². The molecule has 3 nitrogen and oxygen atoms in total. The van der Waals surface area contributed by atoms with Crippen molar-refractivity contribution in [1.29, 1.82) is 0 Å². The number of likely N-dealkylation sites (tertiary alicyclic amines) is 1. The zero-order valence-corrected chi connectivity index (χ0v) is 10.1. The first kappa shape index (κ1) is 11.7. The summed E-state index contributed by atoms with van der Waals surface area (Å²) in [5.74, 6) is 0.787. The van der Waals surface area contributed by atoms with Crippen LogP contribution in [0.25, 0.3) is 6.08 Å². The predicted octanol–water partition coefficient (Wildman–Crippen LogP) is 2.57. The number of ether oxygens (including phenoxy) is 1. The van der Waals surface area contributed by atoms with E-state index >= 15 is 0 Å². The third-order valence-electron chi connectivity index (χ3n) is 3.04. The summed E-state index contributed by atoms with van der Waals surface area (Å²) in [4.78, 5) is 14.1. The molecule has 17 heavy (non-hydrogen) atoms. The van der Waals surface area contributed by atoms with E-state index in [1.807, 2.05) is 17.0 Å². The Kier molecular flexibility index (Phi) is 3.47. The van der Waals surface area contributed by atoms with Gasteiger partial charge in [0, 0.05) is 18.7 Å². The first-order valence-corrected chi connectivity index (χ1v) is 5.85. The summed E-state index contributed by atoms with van der Waals surface area (Å²) in [6.07, 6.45) is 3.93. The summed E-state index contributed by atoms with van der Waals surface area (Å²) in [5.41, 5.74) is 1.59. The lowest BCUT2D eigenvalue weighted by molar-refractivity contribution is 0.0792. The number of carbonyl (C=O) groups excluding carboxylic acids is 1. The van der Waals surface area contributed by atoms with Gasteiger partial charge in [0.2, 0.25) is 0 Å². The molecule has 1 heterocycles. The maximum atomic E-state index is 12.2. The minimum atomic E-state index is 0.0875. The molecule has 0 N–H and O–H groups in total. The van der Waals surface area contributed by atoms with Gasteiger partial charge in [0.15, 0.2) is 0 Å². The van der Waals surface area contributed by atoms with Crippen LogP contribution in [-0.4, -0.2) is 31.0 Å². The Morgan fingerprint density at radius 2 is 2.06 bits per heavy atom. The second-order valence-corrected chi connectivity index (χ2v) is 4.20. The van der Waals surface area contributed by atoms with Gasteiger partial charge in [-0.05, 0) is 36.6 Å². The van der Waals surface area contributed by atoms with Crippen LogP contribution in [0.1, 0.15) is 28.8 Å². The van der Waals surface area contributed by atoms with Crippen molar-refractivity contribution in [3.05, 3.63) is 35.9 Å². The van der Waals surface area contributed by atoms with Gasteiger partial charge in [-0.25, -0.2) is 0 Å². The van der Waals surface area contributed by atoms with Crippen molar-refractivity contribution in [3.63, 3.8) is 0 Å². The molecule has 0 aromatic heterocycles. The normalized spacial score (nSPS) is 14.8. The van der Waals surface area contributed by atoms with Crippen molar-refractivity contribution >= 4 is 12.0 Å². The summed E-state index contributed by atoms with van der Waals surface area (Å²) < 4.78 is 5.19. The lowest BCUT2D eigenvalue weighted by atomic mass is 10.1. The van der Waals surface area contributed by atoms with E-state index in [0.717, 1.165) is 31.5 Å². The Bertz CT molecular complexity index is 434. The highest BCUT2D eigenvalue weighted by Gasteiger charge is 2.20. The fourth-order valence-electron chi connectivity index (χ4n) is 2.08. The second kappa shape index (κ2) is 5.04. The first-order chi connectivity index (χ1) is 8.24. The van der Waals surface area contributed by atoms with E-state index < -0.39 is 0 Å². The topological polar surface area (TPSA) is 29.5 Å². The Morgan fingerprint density at radius 1 is 1.35 bits per heavy atom. The summed E-state index contributed by atoms with van der Waals surface area (Å²) in [5, 5.41) is 0. The zero-order chi connectivity index (χ0) is 12.3. The Hall–Kier alpha value is -1.77. The minimum Gasteiger partial charge on any atom is -0.497 e. The van der Waals surface area contributed by atoms with Crippen LogP contribution >= 0.6 is 0 Å². The molecule has 0 unspecified atom stereocenters. The highest BCUT2D eigenvalue weighted by Crippen LogP contribution is 2.20. The van der Waals surface area contributed by atoms with Crippen molar-refractivity contribution in [1.82, 2.24) is 4.90 Å². The van der Waals surface area contributed by atoms with Gasteiger partial charge in [0.05, 0.1) is 7.11 Å². The number of methoxy groups -OCH3 is 1. The van der Waals surface area contributed by atoms with E-state index in [-0.39, 0.29) is 5.91 Å². The van der Waals surface area contributed by atoms with Crippen molar-refractivity contribution in [2.75, 3.05) is 20.2 Å². The summed E-state index contributed by atoms with van der Waals surface area (Å²) in [6.45, 7) is 5.44. The minimum absolute atomic E-state index is 0.0875. The van der Waals surface area contributed by atoms with Crippen LogP contribution in [0.5, 0.6) is 5.75 Å². The number of rotatable bonds is 3. The van der Waals surface area contributed by atoms with Gasteiger partial charge in [0.25, 0.3) is 5.91 Å². The number of amides is 1. The fraction of sp³-hybridized carbons (Fsp3) is 0.357. The van der Waals surface area contributed by atoms with E-state index in [1.54, 1.807) is 19.3 Å². The predicted molar refractivity (Wildman–Crippen MR) is 68.2 cm³/mol. The largest absolute Gasteiger partial charge is 0.497 e. The van der Waals surface area contributed by atoms with Gasteiger partial charge in [-0.15, -0.1) is 0 Å². The molecule has 0 aliphatic carbocycles. The highest BCUT2D eigenvalue weighted by molar-refractivity contribution is 5.95. The summed E-state index contributed by atoms with van der Waals surface area (Å²) >= 11 is 0. The third-order valence-corrected chi connectivity index (χ3v) is 3.04. The number of hydrogen-bond acceptors (Lipinski definition) is 2. The molecule has 1 fully saturated rings. The molecule has 3 heteroatoms. The van der Waals surface area contributed by atoms with E-state index in [4.69, 9.17) is 4.74 Å². The van der Waals surface area contributed by atoms with E-state index in [1.165, 1.54) is 0 Å². The van der Waals surface area contributed by atoms with E-state index in [2.05, 4.69) is 6.58 Å². The van der Waals surface area contributed by atoms with Gasteiger partial charge in [-0.3, -0.25) is 4.79 Å². The quantitative estimate of drug-likeness (QED) is 0.800. The van der Waals surface area contributed by atoms with Crippen LogP contribution in [0.15, 0.2) is 24.8 Å². The maximum Gasteiger partial charge on any atom is 0.254 e.